The highest BCUT2D eigenvalue weighted by molar-refractivity contribution is 9.10. The number of nitrogens with two attached hydrogens (primary N) is 1. The summed E-state index contributed by atoms with van der Waals surface area (Å²) in [4.78, 5) is 16.1. The number of rotatable bonds is 3. The van der Waals surface area contributed by atoms with Crippen LogP contribution >= 0.6 is 15.9 Å². The number of carbonyl (C=O) groups is 1. The molecule has 2 N–H and O–H groups in total. The van der Waals surface area contributed by atoms with E-state index < -0.39 is 5.97 Å². The number of aryl methyl sites for hydroxylation is 1. The molecule has 0 unspecified atom stereocenters. The van der Waals surface area contributed by atoms with Crippen molar-refractivity contribution >= 4 is 27.6 Å². The van der Waals surface area contributed by atoms with Gasteiger partial charge < -0.3 is 10.5 Å². The first-order valence-electron chi connectivity index (χ1n) is 5.71. The first kappa shape index (κ1) is 13.5. The highest BCUT2D eigenvalue weighted by atomic mass is 79.9. The fourth-order valence-corrected chi connectivity index (χ4v) is 2.01. The molecule has 1 aromatic heterocycles. The van der Waals surface area contributed by atoms with Crippen LogP contribution in [0, 0.1) is 6.92 Å². The lowest BCUT2D eigenvalue weighted by atomic mass is 10.2. The van der Waals surface area contributed by atoms with Crippen LogP contribution in [0.3, 0.4) is 0 Å². The fraction of sp³-hybridized carbons (Fsp3) is 0.143. The van der Waals surface area contributed by atoms with Crippen molar-refractivity contribution < 1.29 is 9.53 Å². The molecule has 0 aliphatic carbocycles. The molecule has 19 heavy (non-hydrogen) atoms. The van der Waals surface area contributed by atoms with Crippen molar-refractivity contribution in [3.63, 3.8) is 0 Å². The van der Waals surface area contributed by atoms with E-state index in [-0.39, 0.29) is 6.61 Å². The molecule has 0 aliphatic heterocycles. The second-order valence-corrected chi connectivity index (χ2v) is 4.84. The van der Waals surface area contributed by atoms with Crippen molar-refractivity contribution in [2.45, 2.75) is 13.5 Å². The van der Waals surface area contributed by atoms with Gasteiger partial charge in [0.2, 0.25) is 0 Å². The van der Waals surface area contributed by atoms with E-state index in [1.807, 2.05) is 19.1 Å². The Morgan fingerprint density at radius 1 is 1.37 bits per heavy atom. The van der Waals surface area contributed by atoms with Crippen LogP contribution in [0.1, 0.15) is 21.6 Å². The van der Waals surface area contributed by atoms with Crippen molar-refractivity contribution in [1.29, 1.82) is 0 Å². The second kappa shape index (κ2) is 5.84. The highest BCUT2D eigenvalue weighted by Gasteiger charge is 2.13. The van der Waals surface area contributed by atoms with Crippen LogP contribution in [0.25, 0.3) is 0 Å². The van der Waals surface area contributed by atoms with Gasteiger partial charge in [-0.3, -0.25) is 4.98 Å². The third-order valence-corrected chi connectivity index (χ3v) is 3.59. The molecule has 1 heterocycles. The Morgan fingerprint density at radius 2 is 2.16 bits per heavy atom. The molecule has 0 saturated heterocycles. The third-order valence-electron chi connectivity index (χ3n) is 2.71. The molecule has 5 heteroatoms. The van der Waals surface area contributed by atoms with Crippen LogP contribution in [0.15, 0.2) is 41.0 Å². The summed E-state index contributed by atoms with van der Waals surface area (Å²) < 4.78 is 5.80. The molecule has 0 saturated carbocycles. The molecule has 98 valence electrons. The molecule has 2 aromatic rings. The van der Waals surface area contributed by atoms with Crippen LogP contribution in [0.2, 0.25) is 0 Å². The number of anilines is 1. The van der Waals surface area contributed by atoms with E-state index >= 15 is 0 Å². The topological polar surface area (TPSA) is 65.2 Å². The first-order chi connectivity index (χ1) is 9.09. The average molecular weight is 321 g/mol. The monoisotopic (exact) mass is 320 g/mol. The number of nitrogens with zero attached hydrogens (tertiary/aromatic N) is 1. The van der Waals surface area contributed by atoms with Gasteiger partial charge in [-0.15, -0.1) is 0 Å². The average Bonchev–Trinajstić information content (AvgIpc) is 2.40. The van der Waals surface area contributed by atoms with Crippen LogP contribution in [-0.2, 0) is 11.3 Å². The maximum absolute atomic E-state index is 12.0. The highest BCUT2D eigenvalue weighted by Crippen LogP contribution is 2.24. The van der Waals surface area contributed by atoms with Gasteiger partial charge in [0.15, 0.2) is 0 Å². The van der Waals surface area contributed by atoms with Gasteiger partial charge in [-0.1, -0.05) is 12.1 Å². The van der Waals surface area contributed by atoms with Gasteiger partial charge in [0.05, 0.1) is 15.7 Å². The normalized spacial score (nSPS) is 10.2. The van der Waals surface area contributed by atoms with Crippen LogP contribution in [0.5, 0.6) is 0 Å². The van der Waals surface area contributed by atoms with E-state index in [0.717, 1.165) is 11.3 Å². The summed E-state index contributed by atoms with van der Waals surface area (Å²) in [5.74, 6) is -0.427. The summed E-state index contributed by atoms with van der Waals surface area (Å²) in [6.45, 7) is 2.07. The summed E-state index contributed by atoms with van der Waals surface area (Å²) in [6.07, 6.45) is 1.67. The van der Waals surface area contributed by atoms with E-state index in [0.29, 0.717) is 15.7 Å². The number of ether oxygens (including phenoxy) is 1. The van der Waals surface area contributed by atoms with E-state index in [1.54, 1.807) is 24.4 Å². The number of nitrogen functional groups attached to an aromatic ring is 1. The smallest absolute Gasteiger partial charge is 0.339 e. The Bertz CT molecular complexity index is 614. The van der Waals surface area contributed by atoms with Crippen molar-refractivity contribution in [1.82, 2.24) is 4.98 Å². The Morgan fingerprint density at radius 3 is 2.89 bits per heavy atom. The molecule has 0 radical (unpaired) electrons. The van der Waals surface area contributed by atoms with Crippen molar-refractivity contribution in [2.24, 2.45) is 0 Å². The lowest BCUT2D eigenvalue weighted by molar-refractivity contribution is 0.0466. The summed E-state index contributed by atoms with van der Waals surface area (Å²) in [5, 5.41) is 0. The van der Waals surface area contributed by atoms with Gasteiger partial charge in [0.1, 0.15) is 6.61 Å². The van der Waals surface area contributed by atoms with Crippen molar-refractivity contribution in [3.8, 4) is 0 Å². The SMILES string of the molecule is Cc1cccnc1COC(=O)c1cccc(N)c1Br. The zero-order valence-electron chi connectivity index (χ0n) is 10.4. The van der Waals surface area contributed by atoms with E-state index in [9.17, 15) is 4.79 Å². The number of esters is 1. The Hall–Kier alpha value is -1.88. The molecule has 0 spiro atoms. The first-order valence-corrected chi connectivity index (χ1v) is 6.50. The Kier molecular flexibility index (Phi) is 4.16. The predicted molar refractivity (Wildman–Crippen MR) is 76.6 cm³/mol. The summed E-state index contributed by atoms with van der Waals surface area (Å²) in [5.41, 5.74) is 8.37. The zero-order valence-corrected chi connectivity index (χ0v) is 12.0. The minimum Gasteiger partial charge on any atom is -0.456 e. The molecular formula is C14H13BrN2O2. The lowest BCUT2D eigenvalue weighted by Crippen LogP contribution is -2.08. The van der Waals surface area contributed by atoms with Gasteiger partial charge in [0, 0.05) is 11.9 Å². The molecule has 4 nitrogen and oxygen atoms in total. The van der Waals surface area contributed by atoms with Crippen LogP contribution in [0.4, 0.5) is 5.69 Å². The minimum absolute atomic E-state index is 0.146. The molecule has 2 rings (SSSR count). The number of pyridine rings is 1. The molecule has 1 aromatic carbocycles. The number of benzene rings is 1. The predicted octanol–water partition coefficient (Wildman–Crippen LogP) is 3.09. The maximum Gasteiger partial charge on any atom is 0.339 e. The van der Waals surface area contributed by atoms with Gasteiger partial charge in [-0.2, -0.15) is 0 Å². The summed E-state index contributed by atoms with van der Waals surface area (Å²) in [7, 11) is 0. The molecule has 0 fully saturated rings. The standard InChI is InChI=1S/C14H13BrN2O2/c1-9-4-3-7-17-12(9)8-19-14(18)10-5-2-6-11(16)13(10)15/h2-7H,8,16H2,1H3. The number of carbonyl (C=O) groups excluding carboxylic acids is 1. The van der Waals surface area contributed by atoms with Gasteiger partial charge in [-0.05, 0) is 46.6 Å². The second-order valence-electron chi connectivity index (χ2n) is 4.05. The van der Waals surface area contributed by atoms with Gasteiger partial charge in [-0.25, -0.2) is 4.79 Å². The number of aromatic nitrogens is 1. The van der Waals surface area contributed by atoms with E-state index in [4.69, 9.17) is 10.5 Å². The van der Waals surface area contributed by atoms with Gasteiger partial charge in [0.25, 0.3) is 0 Å². The molecule has 0 amide bonds. The van der Waals surface area contributed by atoms with Crippen molar-refractivity contribution in [2.75, 3.05) is 5.73 Å². The van der Waals surface area contributed by atoms with Crippen LogP contribution < -0.4 is 5.73 Å². The molecular weight excluding hydrogens is 308 g/mol. The fourth-order valence-electron chi connectivity index (χ4n) is 1.59. The molecule has 0 aliphatic rings. The van der Waals surface area contributed by atoms with E-state index in [1.165, 1.54) is 0 Å². The van der Waals surface area contributed by atoms with Crippen molar-refractivity contribution in [3.05, 3.63) is 57.8 Å². The quantitative estimate of drug-likeness (QED) is 0.697. The van der Waals surface area contributed by atoms with Gasteiger partial charge >= 0.3 is 5.97 Å². The molecule has 0 bridgehead atoms. The largest absolute Gasteiger partial charge is 0.456 e. The Labute approximate surface area is 119 Å². The number of hydrogen-bond acceptors (Lipinski definition) is 4. The summed E-state index contributed by atoms with van der Waals surface area (Å²) >= 11 is 3.28. The summed E-state index contributed by atoms with van der Waals surface area (Å²) in [6, 6.07) is 8.85. The minimum atomic E-state index is -0.427. The zero-order chi connectivity index (χ0) is 13.8. The van der Waals surface area contributed by atoms with E-state index in [2.05, 4.69) is 20.9 Å². The molecule has 0 atom stereocenters. The Balaban J connectivity index is 2.10. The third kappa shape index (κ3) is 3.12. The maximum atomic E-state index is 12.0. The lowest BCUT2D eigenvalue weighted by Gasteiger charge is -2.08. The number of halogens is 1. The number of hydrogen-bond donors (Lipinski definition) is 1. The van der Waals surface area contributed by atoms with Crippen LogP contribution in [-0.4, -0.2) is 11.0 Å².